The van der Waals surface area contributed by atoms with Gasteiger partial charge in [0.05, 0.1) is 13.2 Å². The first-order chi connectivity index (χ1) is 16.7. The standard InChI is InChI=1S/C27H32ClN3O4/c1-18-14-19(2)16-21(15-18)24(32)30-10-8-22(9-11-30)27(17-20-6-4-5-7-23(20)28)25(33)31(12-13-35-3)26(34)29-27/h4-7,14-16,22H,8-13,17H2,1-3H3,(H,29,34)/t27-/m1/s1. The lowest BCUT2D eigenvalue weighted by atomic mass is 9.73. The second-order valence-corrected chi connectivity index (χ2v) is 9.97. The van der Waals surface area contributed by atoms with Crippen molar-refractivity contribution in [1.82, 2.24) is 15.1 Å². The van der Waals surface area contributed by atoms with Crippen molar-refractivity contribution in [3.8, 4) is 0 Å². The van der Waals surface area contributed by atoms with Crippen molar-refractivity contribution in [3.05, 3.63) is 69.7 Å². The minimum absolute atomic E-state index is 0.00101. The highest BCUT2D eigenvalue weighted by atomic mass is 35.5. The van der Waals surface area contributed by atoms with Crippen LogP contribution in [0.1, 0.15) is 39.9 Å². The zero-order valence-corrected chi connectivity index (χ0v) is 21.2. The van der Waals surface area contributed by atoms with Crippen molar-refractivity contribution in [3.63, 3.8) is 0 Å². The SMILES string of the molecule is COCCN1C(=O)N[C@](Cc2ccccc2Cl)(C2CCN(C(=O)c3cc(C)cc(C)c3)CC2)C1=O. The van der Waals surface area contributed by atoms with Gasteiger partial charge in [0.2, 0.25) is 0 Å². The van der Waals surface area contributed by atoms with E-state index in [1.54, 1.807) is 6.07 Å². The molecule has 4 rings (SSSR count). The van der Waals surface area contributed by atoms with Crippen molar-refractivity contribution in [1.29, 1.82) is 0 Å². The van der Waals surface area contributed by atoms with Crippen LogP contribution in [0.15, 0.2) is 42.5 Å². The van der Waals surface area contributed by atoms with E-state index < -0.39 is 11.6 Å². The van der Waals surface area contributed by atoms with Gasteiger partial charge in [-0.05, 0) is 56.4 Å². The average Bonchev–Trinajstić information content (AvgIpc) is 3.07. The van der Waals surface area contributed by atoms with Crippen LogP contribution in [0.4, 0.5) is 4.79 Å². The maximum Gasteiger partial charge on any atom is 0.325 e. The van der Waals surface area contributed by atoms with Crippen molar-refractivity contribution in [2.45, 2.75) is 38.6 Å². The minimum atomic E-state index is -1.11. The van der Waals surface area contributed by atoms with Gasteiger partial charge in [-0.25, -0.2) is 4.79 Å². The van der Waals surface area contributed by atoms with E-state index in [-0.39, 0.29) is 30.9 Å². The summed E-state index contributed by atoms with van der Waals surface area (Å²) in [4.78, 5) is 42.9. The van der Waals surface area contributed by atoms with Gasteiger partial charge >= 0.3 is 6.03 Å². The molecule has 2 fully saturated rings. The van der Waals surface area contributed by atoms with E-state index in [1.165, 1.54) is 12.0 Å². The molecule has 0 radical (unpaired) electrons. The molecule has 0 spiro atoms. The number of aryl methyl sites for hydroxylation is 2. The minimum Gasteiger partial charge on any atom is -0.383 e. The molecule has 35 heavy (non-hydrogen) atoms. The molecular formula is C27H32ClN3O4. The summed E-state index contributed by atoms with van der Waals surface area (Å²) in [6, 6.07) is 12.9. The number of methoxy groups -OCH3 is 1. The third-order valence-electron chi connectivity index (χ3n) is 7.10. The largest absolute Gasteiger partial charge is 0.383 e. The lowest BCUT2D eigenvalue weighted by Gasteiger charge is -2.41. The normalized spacial score (nSPS) is 20.9. The van der Waals surface area contributed by atoms with Crippen LogP contribution in [0.5, 0.6) is 0 Å². The van der Waals surface area contributed by atoms with Gasteiger partial charge in [0.1, 0.15) is 5.54 Å². The van der Waals surface area contributed by atoms with Gasteiger partial charge in [-0.15, -0.1) is 0 Å². The van der Waals surface area contributed by atoms with Crippen LogP contribution in [0.3, 0.4) is 0 Å². The van der Waals surface area contributed by atoms with Gasteiger partial charge in [0.15, 0.2) is 0 Å². The molecule has 4 amide bonds. The van der Waals surface area contributed by atoms with Crippen LogP contribution in [0, 0.1) is 19.8 Å². The Morgan fingerprint density at radius 1 is 1.11 bits per heavy atom. The molecule has 2 aromatic carbocycles. The second kappa shape index (κ2) is 10.4. The van der Waals surface area contributed by atoms with E-state index in [0.29, 0.717) is 42.9 Å². The third-order valence-corrected chi connectivity index (χ3v) is 7.46. The lowest BCUT2D eigenvalue weighted by Crippen LogP contribution is -2.58. The third kappa shape index (κ3) is 5.07. The molecule has 7 nitrogen and oxygen atoms in total. The summed E-state index contributed by atoms with van der Waals surface area (Å²) < 4.78 is 5.11. The molecule has 2 aliphatic rings. The molecule has 0 unspecified atom stereocenters. The second-order valence-electron chi connectivity index (χ2n) is 9.56. The van der Waals surface area contributed by atoms with E-state index in [4.69, 9.17) is 16.3 Å². The van der Waals surface area contributed by atoms with Gasteiger partial charge in [-0.3, -0.25) is 14.5 Å². The zero-order valence-electron chi connectivity index (χ0n) is 20.5. The van der Waals surface area contributed by atoms with Gasteiger partial charge in [-0.2, -0.15) is 0 Å². The van der Waals surface area contributed by atoms with Crippen LogP contribution in [0.25, 0.3) is 0 Å². The number of nitrogens with zero attached hydrogens (tertiary/aromatic N) is 2. The van der Waals surface area contributed by atoms with Gasteiger partial charge in [0, 0.05) is 37.2 Å². The van der Waals surface area contributed by atoms with Crippen LogP contribution < -0.4 is 5.32 Å². The number of nitrogens with one attached hydrogen (secondary N) is 1. The summed E-state index contributed by atoms with van der Waals surface area (Å²) in [5.41, 5.74) is 2.49. The maximum atomic E-state index is 13.7. The lowest BCUT2D eigenvalue weighted by molar-refractivity contribution is -0.134. The number of piperidine rings is 1. The summed E-state index contributed by atoms with van der Waals surface area (Å²) in [7, 11) is 1.54. The van der Waals surface area contributed by atoms with Gasteiger partial charge in [0.25, 0.3) is 11.8 Å². The fourth-order valence-corrected chi connectivity index (χ4v) is 5.57. The Labute approximate surface area is 211 Å². The topological polar surface area (TPSA) is 79.0 Å². The summed E-state index contributed by atoms with van der Waals surface area (Å²) >= 11 is 6.46. The Hall–Kier alpha value is -2.90. The Balaban J connectivity index is 1.57. The highest BCUT2D eigenvalue weighted by molar-refractivity contribution is 6.31. The summed E-state index contributed by atoms with van der Waals surface area (Å²) in [6.07, 6.45) is 1.51. The number of hydrogen-bond donors (Lipinski definition) is 1. The number of amides is 4. The van der Waals surface area contributed by atoms with Crippen molar-refractivity contribution < 1.29 is 19.1 Å². The summed E-state index contributed by atoms with van der Waals surface area (Å²) in [6.45, 7) is 5.46. The van der Waals surface area contributed by atoms with E-state index >= 15 is 0 Å². The van der Waals surface area contributed by atoms with Crippen LogP contribution in [0.2, 0.25) is 5.02 Å². The van der Waals surface area contributed by atoms with E-state index in [9.17, 15) is 14.4 Å². The number of carbonyl (C=O) groups excluding carboxylic acids is 3. The monoisotopic (exact) mass is 497 g/mol. The molecule has 1 atom stereocenters. The number of rotatable bonds is 7. The number of carbonyl (C=O) groups is 3. The Morgan fingerprint density at radius 3 is 2.40 bits per heavy atom. The molecule has 0 aromatic heterocycles. The first-order valence-corrected chi connectivity index (χ1v) is 12.4. The molecule has 2 saturated heterocycles. The molecule has 2 aliphatic heterocycles. The van der Waals surface area contributed by atoms with E-state index in [2.05, 4.69) is 5.32 Å². The zero-order chi connectivity index (χ0) is 25.2. The van der Waals surface area contributed by atoms with E-state index in [0.717, 1.165) is 16.7 Å². The smallest absolute Gasteiger partial charge is 0.325 e. The predicted molar refractivity (Wildman–Crippen MR) is 135 cm³/mol. The number of urea groups is 1. The Bertz CT molecular complexity index is 1110. The molecular weight excluding hydrogens is 466 g/mol. The van der Waals surface area contributed by atoms with Crippen LogP contribution >= 0.6 is 11.6 Å². The molecule has 2 heterocycles. The van der Waals surface area contributed by atoms with Crippen molar-refractivity contribution >= 4 is 29.4 Å². The molecule has 0 aliphatic carbocycles. The fourth-order valence-electron chi connectivity index (χ4n) is 5.37. The highest BCUT2D eigenvalue weighted by Gasteiger charge is 2.56. The molecule has 8 heteroatoms. The molecule has 1 N–H and O–H groups in total. The van der Waals surface area contributed by atoms with Crippen LogP contribution in [-0.2, 0) is 16.0 Å². The number of likely N-dealkylation sites (tertiary alicyclic amines) is 1. The Kier molecular flexibility index (Phi) is 7.47. The van der Waals surface area contributed by atoms with Gasteiger partial charge in [-0.1, -0.05) is 47.0 Å². The first-order valence-electron chi connectivity index (χ1n) is 12.0. The van der Waals surface area contributed by atoms with Crippen molar-refractivity contribution in [2.75, 3.05) is 33.4 Å². The predicted octanol–water partition coefficient (Wildman–Crippen LogP) is 3.99. The number of imide groups is 1. The summed E-state index contributed by atoms with van der Waals surface area (Å²) in [5, 5.41) is 3.59. The first kappa shape index (κ1) is 25.2. The Morgan fingerprint density at radius 2 is 1.77 bits per heavy atom. The highest BCUT2D eigenvalue weighted by Crippen LogP contribution is 2.38. The number of hydrogen-bond acceptors (Lipinski definition) is 4. The van der Waals surface area contributed by atoms with Crippen LogP contribution in [-0.4, -0.2) is 66.5 Å². The maximum absolute atomic E-state index is 13.7. The average molecular weight is 498 g/mol. The fraction of sp³-hybridized carbons (Fsp3) is 0.444. The van der Waals surface area contributed by atoms with Crippen molar-refractivity contribution in [2.24, 2.45) is 5.92 Å². The molecule has 0 bridgehead atoms. The number of benzene rings is 2. The van der Waals surface area contributed by atoms with E-state index in [1.807, 2.05) is 55.1 Å². The summed E-state index contributed by atoms with van der Waals surface area (Å²) in [5.74, 6) is -0.386. The van der Waals surface area contributed by atoms with Gasteiger partial charge < -0.3 is 15.0 Å². The quantitative estimate of drug-likeness (QED) is 0.587. The molecule has 2 aromatic rings. The number of halogens is 1. The molecule has 0 saturated carbocycles. The number of ether oxygens (including phenoxy) is 1. The molecule has 186 valence electrons.